The number of anilines is 3. The smallest absolute Gasteiger partial charge is 0.232 e. The molecule has 154 valence electrons. The second kappa shape index (κ2) is 8.06. The van der Waals surface area contributed by atoms with E-state index in [-0.39, 0.29) is 11.9 Å². The highest BCUT2D eigenvalue weighted by Gasteiger charge is 2.19. The predicted octanol–water partition coefficient (Wildman–Crippen LogP) is 2.31. The van der Waals surface area contributed by atoms with Crippen molar-refractivity contribution in [3.8, 4) is 0 Å². The summed E-state index contributed by atoms with van der Waals surface area (Å²) < 4.78 is 3.76. The second-order valence-electron chi connectivity index (χ2n) is 7.54. The zero-order valence-electron chi connectivity index (χ0n) is 17.1. The first kappa shape index (κ1) is 19.2. The molecule has 0 aliphatic carbocycles. The molecular weight excluding hydrogens is 370 g/mol. The number of imidazole rings is 1. The normalized spacial score (nSPS) is 14.3. The maximum atomic E-state index is 11.8. The molecule has 1 aliphatic heterocycles. The molecule has 10 nitrogen and oxygen atoms in total. The first-order valence-electron chi connectivity index (χ1n) is 10.0. The van der Waals surface area contributed by atoms with Crippen LogP contribution in [0.15, 0.2) is 18.6 Å². The number of fused-ring (bicyclic) bond motifs is 1. The zero-order valence-corrected chi connectivity index (χ0v) is 17.1. The SMILES string of the molecule is CC(C)n1cnc2c(NCCCN3CCCC3=O)nc(Nc3ccnn3C)nc21. The first-order chi connectivity index (χ1) is 14.0. The summed E-state index contributed by atoms with van der Waals surface area (Å²) in [4.78, 5) is 27.5. The van der Waals surface area contributed by atoms with Crippen molar-refractivity contribution < 1.29 is 4.79 Å². The number of rotatable bonds is 8. The van der Waals surface area contributed by atoms with Crippen LogP contribution in [0.25, 0.3) is 11.2 Å². The number of likely N-dealkylation sites (tertiary alicyclic amines) is 1. The molecule has 10 heteroatoms. The lowest BCUT2D eigenvalue weighted by Crippen LogP contribution is -2.27. The van der Waals surface area contributed by atoms with E-state index in [1.165, 1.54) is 0 Å². The molecule has 1 saturated heterocycles. The summed E-state index contributed by atoms with van der Waals surface area (Å²) in [6.07, 6.45) is 6.01. The van der Waals surface area contributed by atoms with Gasteiger partial charge in [0.2, 0.25) is 11.9 Å². The number of hydrogen-bond donors (Lipinski definition) is 2. The number of aryl methyl sites for hydroxylation is 1. The zero-order chi connectivity index (χ0) is 20.4. The second-order valence-corrected chi connectivity index (χ2v) is 7.54. The van der Waals surface area contributed by atoms with Crippen molar-refractivity contribution in [2.24, 2.45) is 7.05 Å². The Balaban J connectivity index is 1.54. The minimum atomic E-state index is 0.230. The molecule has 29 heavy (non-hydrogen) atoms. The highest BCUT2D eigenvalue weighted by atomic mass is 16.2. The maximum absolute atomic E-state index is 11.8. The van der Waals surface area contributed by atoms with E-state index in [9.17, 15) is 4.79 Å². The molecule has 0 radical (unpaired) electrons. The molecule has 0 aromatic carbocycles. The highest BCUT2D eigenvalue weighted by Crippen LogP contribution is 2.24. The summed E-state index contributed by atoms with van der Waals surface area (Å²) in [6.45, 7) is 6.53. The molecule has 2 N–H and O–H groups in total. The number of carbonyl (C=O) groups excluding carboxylic acids is 1. The Morgan fingerprint density at radius 2 is 2.14 bits per heavy atom. The Hall–Kier alpha value is -3.17. The Labute approximate surface area is 169 Å². The van der Waals surface area contributed by atoms with Gasteiger partial charge in [-0.1, -0.05) is 0 Å². The van der Waals surface area contributed by atoms with Gasteiger partial charge in [-0.2, -0.15) is 15.1 Å². The van der Waals surface area contributed by atoms with Crippen LogP contribution in [0, 0.1) is 0 Å². The molecule has 4 heterocycles. The number of aromatic nitrogens is 6. The van der Waals surface area contributed by atoms with Crippen molar-refractivity contribution in [3.05, 3.63) is 18.6 Å². The lowest BCUT2D eigenvalue weighted by molar-refractivity contribution is -0.127. The van der Waals surface area contributed by atoms with Crippen LogP contribution in [0.4, 0.5) is 17.6 Å². The van der Waals surface area contributed by atoms with E-state index in [0.717, 1.165) is 42.9 Å². The number of carbonyl (C=O) groups is 1. The van der Waals surface area contributed by atoms with Crippen LogP contribution >= 0.6 is 0 Å². The van der Waals surface area contributed by atoms with Crippen molar-refractivity contribution in [2.45, 2.75) is 39.2 Å². The van der Waals surface area contributed by atoms with Gasteiger partial charge in [-0.15, -0.1) is 0 Å². The van der Waals surface area contributed by atoms with E-state index < -0.39 is 0 Å². The molecular formula is C19H27N9O. The molecule has 1 fully saturated rings. The number of amides is 1. The lowest BCUT2D eigenvalue weighted by Gasteiger charge is -2.16. The van der Waals surface area contributed by atoms with Crippen molar-refractivity contribution >= 4 is 34.7 Å². The standard InChI is InChI=1S/C19H27N9O/c1-13(2)28-12-21-16-17(20-8-5-11-27-10-4-6-15(27)29)24-19(25-18(16)28)23-14-7-9-22-26(14)3/h7,9,12-13H,4-6,8,10-11H2,1-3H3,(H2,20,23,24,25). The van der Waals surface area contributed by atoms with Crippen molar-refractivity contribution in [1.29, 1.82) is 0 Å². The van der Waals surface area contributed by atoms with Crippen LogP contribution in [0.2, 0.25) is 0 Å². The minimum Gasteiger partial charge on any atom is -0.368 e. The molecule has 0 atom stereocenters. The van der Waals surface area contributed by atoms with Gasteiger partial charge in [0, 0.05) is 45.2 Å². The Morgan fingerprint density at radius 1 is 1.28 bits per heavy atom. The topological polar surface area (TPSA) is 106 Å². The van der Waals surface area contributed by atoms with Crippen molar-refractivity contribution in [2.75, 3.05) is 30.3 Å². The fraction of sp³-hybridized carbons (Fsp3) is 0.526. The van der Waals surface area contributed by atoms with E-state index in [4.69, 9.17) is 0 Å². The highest BCUT2D eigenvalue weighted by molar-refractivity contribution is 5.84. The van der Waals surface area contributed by atoms with E-state index in [1.54, 1.807) is 17.2 Å². The number of nitrogens with one attached hydrogen (secondary N) is 2. The fourth-order valence-corrected chi connectivity index (χ4v) is 3.50. The molecule has 1 amide bonds. The van der Waals surface area contributed by atoms with Gasteiger partial charge in [0.05, 0.1) is 12.5 Å². The Morgan fingerprint density at radius 3 is 2.83 bits per heavy atom. The summed E-state index contributed by atoms with van der Waals surface area (Å²) in [7, 11) is 1.86. The van der Waals surface area contributed by atoms with Gasteiger partial charge < -0.3 is 20.1 Å². The summed E-state index contributed by atoms with van der Waals surface area (Å²) in [5.41, 5.74) is 1.52. The molecule has 0 spiro atoms. The monoisotopic (exact) mass is 397 g/mol. The van der Waals surface area contributed by atoms with Crippen LogP contribution in [0.5, 0.6) is 0 Å². The fourth-order valence-electron chi connectivity index (χ4n) is 3.50. The van der Waals surface area contributed by atoms with Crippen molar-refractivity contribution in [3.63, 3.8) is 0 Å². The third-order valence-corrected chi connectivity index (χ3v) is 5.11. The van der Waals surface area contributed by atoms with Crippen LogP contribution in [0.3, 0.4) is 0 Å². The third-order valence-electron chi connectivity index (χ3n) is 5.11. The molecule has 4 rings (SSSR count). The van der Waals surface area contributed by atoms with Gasteiger partial charge in [-0.25, -0.2) is 4.98 Å². The average Bonchev–Trinajstić information content (AvgIpc) is 3.40. The van der Waals surface area contributed by atoms with Gasteiger partial charge in [-0.3, -0.25) is 9.48 Å². The number of hydrogen-bond acceptors (Lipinski definition) is 7. The van der Waals surface area contributed by atoms with Gasteiger partial charge >= 0.3 is 0 Å². The molecule has 1 aliphatic rings. The summed E-state index contributed by atoms with van der Waals surface area (Å²) >= 11 is 0. The molecule has 3 aromatic rings. The summed E-state index contributed by atoms with van der Waals surface area (Å²) in [5.74, 6) is 2.23. The van der Waals surface area contributed by atoms with Gasteiger partial charge in [-0.05, 0) is 26.7 Å². The Bertz CT molecular complexity index is 1010. The van der Waals surface area contributed by atoms with Gasteiger partial charge in [0.15, 0.2) is 17.0 Å². The van der Waals surface area contributed by atoms with E-state index >= 15 is 0 Å². The van der Waals surface area contributed by atoms with E-state index in [1.807, 2.05) is 22.6 Å². The lowest BCUT2D eigenvalue weighted by atomic mass is 10.3. The molecule has 3 aromatic heterocycles. The van der Waals surface area contributed by atoms with E-state index in [0.29, 0.717) is 24.7 Å². The van der Waals surface area contributed by atoms with Crippen LogP contribution in [-0.4, -0.2) is 59.7 Å². The largest absolute Gasteiger partial charge is 0.368 e. The molecule has 0 unspecified atom stereocenters. The molecule has 0 bridgehead atoms. The van der Waals surface area contributed by atoms with Crippen LogP contribution in [-0.2, 0) is 11.8 Å². The van der Waals surface area contributed by atoms with Crippen molar-refractivity contribution in [1.82, 2.24) is 34.2 Å². The minimum absolute atomic E-state index is 0.230. The Kier molecular flexibility index (Phi) is 5.32. The number of nitrogens with zero attached hydrogens (tertiary/aromatic N) is 7. The van der Waals surface area contributed by atoms with E-state index in [2.05, 4.69) is 44.5 Å². The first-order valence-corrected chi connectivity index (χ1v) is 10.0. The van der Waals surface area contributed by atoms with Crippen LogP contribution in [0.1, 0.15) is 39.2 Å². The molecule has 0 saturated carbocycles. The third kappa shape index (κ3) is 4.01. The summed E-state index contributed by atoms with van der Waals surface area (Å²) in [5, 5.41) is 10.8. The maximum Gasteiger partial charge on any atom is 0.232 e. The van der Waals surface area contributed by atoms with Gasteiger partial charge in [0.25, 0.3) is 0 Å². The summed E-state index contributed by atoms with van der Waals surface area (Å²) in [6, 6.07) is 2.10. The van der Waals surface area contributed by atoms with Crippen LogP contribution < -0.4 is 10.6 Å². The average molecular weight is 397 g/mol. The van der Waals surface area contributed by atoms with Gasteiger partial charge in [0.1, 0.15) is 5.82 Å². The quantitative estimate of drug-likeness (QED) is 0.562. The predicted molar refractivity (Wildman–Crippen MR) is 111 cm³/mol.